The third kappa shape index (κ3) is 3.64. The lowest BCUT2D eigenvalue weighted by Crippen LogP contribution is -2.67. The molecule has 0 unspecified atom stereocenters. The van der Waals surface area contributed by atoms with Gasteiger partial charge in [-0.1, -0.05) is 36.4 Å². The number of nitrogens with zero attached hydrogens (tertiary/aromatic N) is 2. The van der Waals surface area contributed by atoms with Gasteiger partial charge in [-0.2, -0.15) is 5.26 Å². The summed E-state index contributed by atoms with van der Waals surface area (Å²) in [5, 5.41) is 22.1. The lowest BCUT2D eigenvalue weighted by molar-refractivity contribution is 0.0162. The molecule has 1 saturated heterocycles. The molecular weight excluding hydrogens is 345 g/mol. The zero-order chi connectivity index (χ0) is 19.6. The summed E-state index contributed by atoms with van der Waals surface area (Å²) < 4.78 is 13.1. The first-order valence-corrected chi connectivity index (χ1v) is 8.91. The Bertz CT molecular complexity index is 843. The van der Waals surface area contributed by atoms with Gasteiger partial charge < -0.3 is 15.3 Å². The van der Waals surface area contributed by atoms with Crippen molar-refractivity contribution >= 4 is 6.03 Å². The fourth-order valence-corrected chi connectivity index (χ4v) is 3.55. The van der Waals surface area contributed by atoms with Crippen LogP contribution in [-0.2, 0) is 0 Å². The number of carbonyl (C=O) groups excluding carboxylic acids is 1. The Morgan fingerprint density at radius 2 is 1.74 bits per heavy atom. The molecule has 0 saturated carbocycles. The van der Waals surface area contributed by atoms with E-state index in [0.29, 0.717) is 0 Å². The molecule has 0 bridgehead atoms. The first-order chi connectivity index (χ1) is 13.0. The maximum atomic E-state index is 13.1. The zero-order valence-electron chi connectivity index (χ0n) is 15.3. The molecule has 0 aliphatic carbocycles. The largest absolute Gasteiger partial charge is 0.394 e. The minimum atomic E-state index is -0.627. The first kappa shape index (κ1) is 18.9. The van der Waals surface area contributed by atoms with E-state index >= 15 is 0 Å². The normalized spacial score (nSPS) is 21.5. The van der Waals surface area contributed by atoms with Gasteiger partial charge in [-0.25, -0.2) is 9.18 Å². The van der Waals surface area contributed by atoms with Gasteiger partial charge in [0.1, 0.15) is 11.9 Å². The van der Waals surface area contributed by atoms with E-state index in [4.69, 9.17) is 0 Å². The van der Waals surface area contributed by atoms with Crippen LogP contribution in [0.1, 0.15) is 25.3 Å². The lowest BCUT2D eigenvalue weighted by atomic mass is 9.75. The van der Waals surface area contributed by atoms with Crippen molar-refractivity contribution in [3.8, 4) is 17.2 Å². The van der Waals surface area contributed by atoms with Gasteiger partial charge in [0, 0.05) is 12.0 Å². The van der Waals surface area contributed by atoms with Gasteiger partial charge in [0.25, 0.3) is 0 Å². The monoisotopic (exact) mass is 367 g/mol. The summed E-state index contributed by atoms with van der Waals surface area (Å²) >= 11 is 0. The van der Waals surface area contributed by atoms with Crippen molar-refractivity contribution in [1.82, 2.24) is 10.2 Å². The molecule has 2 aromatic rings. The van der Waals surface area contributed by atoms with Gasteiger partial charge in [0.15, 0.2) is 0 Å². The van der Waals surface area contributed by atoms with Crippen LogP contribution in [0.25, 0.3) is 11.1 Å². The Morgan fingerprint density at radius 1 is 1.19 bits per heavy atom. The summed E-state index contributed by atoms with van der Waals surface area (Å²) in [6, 6.07) is 14.6. The molecule has 1 heterocycles. The maximum Gasteiger partial charge on any atom is 0.319 e. The van der Waals surface area contributed by atoms with Crippen molar-refractivity contribution in [2.75, 3.05) is 6.61 Å². The number of aliphatic hydroxyl groups excluding tert-OH is 1. The highest BCUT2D eigenvalue weighted by atomic mass is 19.1. The molecule has 6 heteroatoms. The number of hydrogen-bond donors (Lipinski definition) is 2. The summed E-state index contributed by atoms with van der Waals surface area (Å²) in [6.45, 7) is 3.48. The number of rotatable bonds is 4. The van der Waals surface area contributed by atoms with Gasteiger partial charge in [-0.05, 0) is 42.7 Å². The molecule has 5 nitrogen and oxygen atoms in total. The smallest absolute Gasteiger partial charge is 0.319 e. The second kappa shape index (κ2) is 7.77. The number of likely N-dealkylation sites (tertiary alicyclic amines) is 1. The minimum absolute atomic E-state index is 0.0507. The number of hydrogen-bond acceptors (Lipinski definition) is 3. The quantitative estimate of drug-likeness (QED) is 0.871. The fraction of sp³-hybridized carbons (Fsp3) is 0.333. The first-order valence-electron chi connectivity index (χ1n) is 8.91. The van der Waals surface area contributed by atoms with Crippen molar-refractivity contribution in [3.05, 3.63) is 59.9 Å². The predicted octanol–water partition coefficient (Wildman–Crippen LogP) is 3.26. The van der Waals surface area contributed by atoms with Crippen LogP contribution in [0.15, 0.2) is 48.5 Å². The van der Waals surface area contributed by atoms with E-state index in [1.807, 2.05) is 38.1 Å². The standard InChI is InChI=1S/C21H22FN3O2/c1-13(2)24-21(27)25-18(11-23)20(19(25)12-26)16-5-3-14(4-6-16)15-7-9-17(22)10-8-15/h3-10,13,18-20,26H,12H2,1-2H3,(H,24,27)/t18-,19+,20+/m1/s1. The molecule has 0 radical (unpaired) electrons. The van der Waals surface area contributed by atoms with E-state index in [-0.39, 0.29) is 30.4 Å². The molecule has 2 amide bonds. The van der Waals surface area contributed by atoms with Crippen LogP contribution in [0.4, 0.5) is 9.18 Å². The van der Waals surface area contributed by atoms with E-state index in [1.54, 1.807) is 12.1 Å². The van der Waals surface area contributed by atoms with Crippen molar-refractivity contribution in [2.45, 2.75) is 37.9 Å². The SMILES string of the molecule is CC(C)NC(=O)N1[C@H](C#N)[C@H](c2ccc(-c3ccc(F)cc3)cc2)[C@@H]1CO. The molecule has 1 aliphatic heterocycles. The third-order valence-corrected chi connectivity index (χ3v) is 4.85. The second-order valence-corrected chi connectivity index (χ2v) is 6.99. The lowest BCUT2D eigenvalue weighted by Gasteiger charge is -2.51. The van der Waals surface area contributed by atoms with Crippen molar-refractivity contribution < 1.29 is 14.3 Å². The number of nitrogens with one attached hydrogen (secondary N) is 1. The number of benzene rings is 2. The Kier molecular flexibility index (Phi) is 5.43. The number of urea groups is 1. The summed E-state index contributed by atoms with van der Waals surface area (Å²) in [5.74, 6) is -0.535. The van der Waals surface area contributed by atoms with Gasteiger partial charge in [-0.3, -0.25) is 0 Å². The molecule has 2 N–H and O–H groups in total. The molecule has 0 aromatic heterocycles. The number of nitriles is 1. The van der Waals surface area contributed by atoms with E-state index in [0.717, 1.165) is 16.7 Å². The average Bonchev–Trinajstić information content (AvgIpc) is 2.62. The number of aliphatic hydroxyl groups is 1. The summed E-state index contributed by atoms with van der Waals surface area (Å²) in [5.41, 5.74) is 2.71. The highest BCUT2D eigenvalue weighted by Crippen LogP contribution is 2.40. The van der Waals surface area contributed by atoms with Crippen LogP contribution in [-0.4, -0.2) is 40.8 Å². The van der Waals surface area contributed by atoms with Gasteiger partial charge in [0.2, 0.25) is 0 Å². The number of carbonyl (C=O) groups is 1. The van der Waals surface area contributed by atoms with Crippen LogP contribution in [0.5, 0.6) is 0 Å². The Balaban J connectivity index is 1.82. The summed E-state index contributed by atoms with van der Waals surface area (Å²) in [7, 11) is 0. The molecular formula is C21H22FN3O2. The highest BCUT2D eigenvalue weighted by Gasteiger charge is 2.51. The van der Waals surface area contributed by atoms with E-state index < -0.39 is 12.1 Å². The van der Waals surface area contributed by atoms with Crippen LogP contribution >= 0.6 is 0 Å². The van der Waals surface area contributed by atoms with Crippen LogP contribution in [0.3, 0.4) is 0 Å². The van der Waals surface area contributed by atoms with Crippen LogP contribution in [0.2, 0.25) is 0 Å². The van der Waals surface area contributed by atoms with Crippen molar-refractivity contribution in [3.63, 3.8) is 0 Å². The molecule has 1 aliphatic rings. The Labute approximate surface area is 158 Å². The molecule has 3 atom stereocenters. The van der Waals surface area contributed by atoms with Crippen molar-refractivity contribution in [2.24, 2.45) is 0 Å². The fourth-order valence-electron chi connectivity index (χ4n) is 3.55. The molecule has 140 valence electrons. The molecule has 3 rings (SSSR count). The Hall–Kier alpha value is -2.91. The summed E-state index contributed by atoms with van der Waals surface area (Å²) in [6.07, 6.45) is 0. The highest BCUT2D eigenvalue weighted by molar-refractivity contribution is 5.77. The van der Waals surface area contributed by atoms with Crippen molar-refractivity contribution in [1.29, 1.82) is 5.26 Å². The van der Waals surface area contributed by atoms with E-state index in [9.17, 15) is 19.6 Å². The van der Waals surface area contributed by atoms with E-state index in [1.165, 1.54) is 17.0 Å². The van der Waals surface area contributed by atoms with Crippen LogP contribution in [0, 0.1) is 17.1 Å². The van der Waals surface area contributed by atoms with E-state index in [2.05, 4.69) is 11.4 Å². The molecule has 2 aromatic carbocycles. The topological polar surface area (TPSA) is 76.4 Å². The summed E-state index contributed by atoms with van der Waals surface area (Å²) in [4.78, 5) is 13.8. The second-order valence-electron chi connectivity index (χ2n) is 6.99. The number of amides is 2. The average molecular weight is 367 g/mol. The number of halogens is 1. The molecule has 27 heavy (non-hydrogen) atoms. The minimum Gasteiger partial charge on any atom is -0.394 e. The molecule has 0 spiro atoms. The zero-order valence-corrected chi connectivity index (χ0v) is 15.3. The Morgan fingerprint density at radius 3 is 2.22 bits per heavy atom. The van der Waals surface area contributed by atoms with Gasteiger partial charge in [0.05, 0.1) is 18.7 Å². The van der Waals surface area contributed by atoms with Crippen LogP contribution < -0.4 is 5.32 Å². The maximum absolute atomic E-state index is 13.1. The van der Waals surface area contributed by atoms with Gasteiger partial charge in [-0.15, -0.1) is 0 Å². The molecule has 1 fully saturated rings. The third-order valence-electron chi connectivity index (χ3n) is 4.85. The predicted molar refractivity (Wildman–Crippen MR) is 100 cm³/mol. The van der Waals surface area contributed by atoms with Gasteiger partial charge >= 0.3 is 6.03 Å².